The number of carbonyl (C=O) groups is 2. The number of piperazine rings is 1. The fourth-order valence-electron chi connectivity index (χ4n) is 6.08. The molecule has 0 aliphatic carbocycles. The number of nitrogens with one attached hydrogen (secondary N) is 1. The first-order valence-electron chi connectivity index (χ1n) is 15.9. The zero-order valence-electron chi connectivity index (χ0n) is 27.3. The number of methoxy groups -OCH3 is 1. The van der Waals surface area contributed by atoms with Crippen molar-refractivity contribution in [2.75, 3.05) is 53.0 Å². The lowest BCUT2D eigenvalue weighted by Crippen LogP contribution is -2.55. The maximum absolute atomic E-state index is 14.7. The van der Waals surface area contributed by atoms with Crippen molar-refractivity contribution in [3.63, 3.8) is 0 Å². The molecule has 0 spiro atoms. The predicted octanol–water partition coefficient (Wildman–Crippen LogP) is 6.84. The molecule has 1 N–H and O–H groups in total. The van der Waals surface area contributed by atoms with Gasteiger partial charge < -0.3 is 19.7 Å². The van der Waals surface area contributed by atoms with Crippen LogP contribution in [0.25, 0.3) is 0 Å². The van der Waals surface area contributed by atoms with E-state index in [2.05, 4.69) is 5.32 Å². The van der Waals surface area contributed by atoms with E-state index in [9.17, 15) is 22.8 Å². The molecule has 5 rings (SSSR count). The molecule has 9 nitrogen and oxygen atoms in total. The summed E-state index contributed by atoms with van der Waals surface area (Å²) in [7, 11) is 1.57. The number of hydrogen-bond donors (Lipinski definition) is 1. The second-order valence-electron chi connectivity index (χ2n) is 11.9. The Labute approximate surface area is 293 Å². The summed E-state index contributed by atoms with van der Waals surface area (Å²) in [5.74, 6) is -0.00677. The summed E-state index contributed by atoms with van der Waals surface area (Å²) >= 11 is 12.5. The Morgan fingerprint density at radius 3 is 2.14 bits per heavy atom. The van der Waals surface area contributed by atoms with Crippen LogP contribution in [0.15, 0.2) is 71.7 Å². The number of nitrogens with zero attached hydrogens (tertiary/aromatic N) is 4. The van der Waals surface area contributed by atoms with Crippen molar-refractivity contribution in [3.05, 3.63) is 99.0 Å². The van der Waals surface area contributed by atoms with E-state index in [-0.39, 0.29) is 48.3 Å². The molecular formula is C35H38Cl2F3N5O4. The van der Waals surface area contributed by atoms with Crippen LogP contribution >= 0.6 is 23.2 Å². The van der Waals surface area contributed by atoms with Crippen LogP contribution in [0, 0.1) is 0 Å². The number of amides is 3. The van der Waals surface area contributed by atoms with Crippen molar-refractivity contribution >= 4 is 41.0 Å². The number of urea groups is 1. The van der Waals surface area contributed by atoms with E-state index in [4.69, 9.17) is 37.7 Å². The normalized spacial score (nSPS) is 19.1. The van der Waals surface area contributed by atoms with Gasteiger partial charge in [0.2, 0.25) is 5.91 Å². The number of alkyl halides is 3. The molecular weight excluding hydrogens is 682 g/mol. The SMILES string of the molecule is CCOc1cc(C(F)(F)F)ccc1C1=NC(c2ccc(Cl)cc2)C(c2ccc(Cl)cc2)N1C(=O)N1CCN(CC(=O)NC(C)COC)CC1. The highest BCUT2D eigenvalue weighted by Crippen LogP contribution is 2.46. The number of ether oxygens (including phenoxy) is 2. The molecule has 0 aromatic heterocycles. The minimum absolute atomic E-state index is 0.0426. The van der Waals surface area contributed by atoms with Gasteiger partial charge in [0, 0.05) is 49.4 Å². The summed E-state index contributed by atoms with van der Waals surface area (Å²) in [6, 6.07) is 15.5. The molecule has 2 heterocycles. The molecule has 2 aliphatic heterocycles. The average Bonchev–Trinajstić information content (AvgIpc) is 3.45. The highest BCUT2D eigenvalue weighted by Gasteiger charge is 2.45. The van der Waals surface area contributed by atoms with Gasteiger partial charge in [0.05, 0.1) is 36.9 Å². The summed E-state index contributed by atoms with van der Waals surface area (Å²) in [4.78, 5) is 37.5. The number of hydrogen-bond acceptors (Lipinski definition) is 6. The van der Waals surface area contributed by atoms with Gasteiger partial charge in [-0.3, -0.25) is 19.6 Å². The van der Waals surface area contributed by atoms with Crippen molar-refractivity contribution in [3.8, 4) is 5.75 Å². The first-order valence-corrected chi connectivity index (χ1v) is 16.7. The van der Waals surface area contributed by atoms with Gasteiger partial charge in [-0.05, 0) is 67.4 Å². The van der Waals surface area contributed by atoms with Gasteiger partial charge >= 0.3 is 12.2 Å². The molecule has 3 aromatic carbocycles. The molecule has 1 fully saturated rings. The smallest absolute Gasteiger partial charge is 0.416 e. The summed E-state index contributed by atoms with van der Waals surface area (Å²) in [6.45, 7) is 5.69. The van der Waals surface area contributed by atoms with E-state index >= 15 is 0 Å². The summed E-state index contributed by atoms with van der Waals surface area (Å²) in [6.07, 6.45) is -4.60. The Bertz CT molecular complexity index is 1650. The molecule has 1 saturated heterocycles. The Morgan fingerprint density at radius 2 is 1.57 bits per heavy atom. The third-order valence-corrected chi connectivity index (χ3v) is 8.88. The van der Waals surface area contributed by atoms with Crippen LogP contribution in [0.5, 0.6) is 5.75 Å². The second kappa shape index (κ2) is 15.8. The van der Waals surface area contributed by atoms with Crippen LogP contribution < -0.4 is 10.1 Å². The maximum atomic E-state index is 14.7. The first kappa shape index (κ1) is 36.4. The number of benzene rings is 3. The van der Waals surface area contributed by atoms with E-state index in [0.29, 0.717) is 42.8 Å². The van der Waals surface area contributed by atoms with Gasteiger partial charge in [-0.2, -0.15) is 13.2 Å². The van der Waals surface area contributed by atoms with Crippen molar-refractivity contribution in [2.24, 2.45) is 4.99 Å². The molecule has 2 aliphatic rings. The van der Waals surface area contributed by atoms with E-state index in [1.165, 1.54) is 6.07 Å². The lowest BCUT2D eigenvalue weighted by Gasteiger charge is -2.39. The van der Waals surface area contributed by atoms with Gasteiger partial charge in [-0.1, -0.05) is 47.5 Å². The van der Waals surface area contributed by atoms with E-state index in [1.807, 2.05) is 36.1 Å². The molecule has 14 heteroatoms. The van der Waals surface area contributed by atoms with Crippen molar-refractivity contribution in [1.82, 2.24) is 20.0 Å². The van der Waals surface area contributed by atoms with Gasteiger partial charge in [-0.25, -0.2) is 4.79 Å². The number of rotatable bonds is 10. The van der Waals surface area contributed by atoms with Crippen molar-refractivity contribution in [1.29, 1.82) is 0 Å². The predicted molar refractivity (Wildman–Crippen MR) is 182 cm³/mol. The van der Waals surface area contributed by atoms with E-state index in [0.717, 1.165) is 23.3 Å². The summed E-state index contributed by atoms with van der Waals surface area (Å²) < 4.78 is 52.2. The molecule has 0 saturated carbocycles. The second-order valence-corrected chi connectivity index (χ2v) is 12.8. The minimum atomic E-state index is -4.60. The third kappa shape index (κ3) is 8.67. The lowest BCUT2D eigenvalue weighted by molar-refractivity contribution is -0.137. The molecule has 3 aromatic rings. The quantitative estimate of drug-likeness (QED) is 0.248. The van der Waals surface area contributed by atoms with Crippen LogP contribution in [0.3, 0.4) is 0 Å². The van der Waals surface area contributed by atoms with Crippen LogP contribution in [0.4, 0.5) is 18.0 Å². The van der Waals surface area contributed by atoms with Crippen LogP contribution in [-0.2, 0) is 15.7 Å². The number of halogens is 5. The van der Waals surface area contributed by atoms with Gasteiger partial charge in [-0.15, -0.1) is 0 Å². The average molecular weight is 721 g/mol. The van der Waals surface area contributed by atoms with Crippen molar-refractivity contribution in [2.45, 2.75) is 38.1 Å². The largest absolute Gasteiger partial charge is 0.493 e. The fraction of sp³-hybridized carbons (Fsp3) is 0.400. The lowest BCUT2D eigenvalue weighted by atomic mass is 9.93. The number of amidine groups is 1. The number of aliphatic imine (C=N–C) groups is 1. The van der Waals surface area contributed by atoms with Crippen LogP contribution in [0.2, 0.25) is 10.0 Å². The summed E-state index contributed by atoms with van der Waals surface area (Å²) in [5, 5.41) is 3.92. The molecule has 49 heavy (non-hydrogen) atoms. The Kier molecular flexibility index (Phi) is 11.7. The molecule has 0 bridgehead atoms. The van der Waals surface area contributed by atoms with Gasteiger partial charge in [0.25, 0.3) is 0 Å². The van der Waals surface area contributed by atoms with E-state index < -0.39 is 23.8 Å². The van der Waals surface area contributed by atoms with Crippen LogP contribution in [-0.4, -0.2) is 91.6 Å². The topological polar surface area (TPSA) is 86.7 Å². The molecule has 3 atom stereocenters. The van der Waals surface area contributed by atoms with Gasteiger partial charge in [0.15, 0.2) is 0 Å². The first-order chi connectivity index (χ1) is 23.4. The van der Waals surface area contributed by atoms with E-state index in [1.54, 1.807) is 48.1 Å². The summed E-state index contributed by atoms with van der Waals surface area (Å²) in [5.41, 5.74) is 0.845. The highest BCUT2D eigenvalue weighted by atomic mass is 35.5. The minimum Gasteiger partial charge on any atom is -0.493 e. The molecule has 3 unspecified atom stereocenters. The Balaban J connectivity index is 1.53. The Morgan fingerprint density at radius 1 is 0.959 bits per heavy atom. The zero-order valence-corrected chi connectivity index (χ0v) is 28.9. The molecule has 0 radical (unpaired) electrons. The Hall–Kier alpha value is -3.84. The maximum Gasteiger partial charge on any atom is 0.416 e. The highest BCUT2D eigenvalue weighted by molar-refractivity contribution is 6.30. The fourth-order valence-corrected chi connectivity index (χ4v) is 6.33. The monoisotopic (exact) mass is 719 g/mol. The standard InChI is InChI=1S/C35H38Cl2F3N5O4/c1-4-49-29-19-25(35(38,39)40)9-14-28(29)33-42-31(23-5-10-26(36)11-6-23)32(24-7-12-27(37)13-8-24)45(33)34(47)44-17-15-43(16-18-44)20-30(46)41-22(2)21-48-3/h5-14,19,22,31-32H,4,15-18,20-21H2,1-3H3,(H,41,46). The van der Waals surface area contributed by atoms with Crippen LogP contribution in [0.1, 0.15) is 48.2 Å². The molecule has 262 valence electrons. The van der Waals surface area contributed by atoms with Crippen molar-refractivity contribution < 1.29 is 32.2 Å². The third-order valence-electron chi connectivity index (χ3n) is 8.38. The number of carbonyl (C=O) groups excluding carboxylic acids is 2. The van der Waals surface area contributed by atoms with Gasteiger partial charge in [0.1, 0.15) is 17.6 Å². The zero-order chi connectivity index (χ0) is 35.3. The molecule has 3 amide bonds.